The van der Waals surface area contributed by atoms with Gasteiger partial charge in [0.1, 0.15) is 0 Å². The van der Waals surface area contributed by atoms with Crippen molar-refractivity contribution in [3.63, 3.8) is 0 Å². The van der Waals surface area contributed by atoms with Crippen LogP contribution in [0.1, 0.15) is 22.4 Å². The van der Waals surface area contributed by atoms with Crippen molar-refractivity contribution in [2.45, 2.75) is 20.3 Å². The molecule has 0 aliphatic rings. The largest absolute Gasteiger partial charge is 0.325 e. The fourth-order valence-corrected chi connectivity index (χ4v) is 2.00. The standard InChI is InChI=1S/C13H13N3O4/c1-7-3-4-9(6-11(7)16(19)20)5-10-8(2)14-13(18)15-12(10)17/h3-4,6H,5H2,1-2H3,(H2,14,15,17,18). The van der Waals surface area contributed by atoms with E-state index in [0.717, 1.165) is 0 Å². The monoisotopic (exact) mass is 275 g/mol. The summed E-state index contributed by atoms with van der Waals surface area (Å²) < 4.78 is 0. The lowest BCUT2D eigenvalue weighted by molar-refractivity contribution is -0.385. The SMILES string of the molecule is Cc1ccc(Cc2c(C)[nH]c(=O)[nH]c2=O)cc1[N+](=O)[O-]. The Labute approximate surface area is 113 Å². The van der Waals surface area contributed by atoms with E-state index in [0.29, 0.717) is 22.4 Å². The van der Waals surface area contributed by atoms with Gasteiger partial charge in [-0.3, -0.25) is 19.9 Å². The third-order valence-corrected chi connectivity index (χ3v) is 3.11. The van der Waals surface area contributed by atoms with Crippen LogP contribution in [0.15, 0.2) is 27.8 Å². The lowest BCUT2D eigenvalue weighted by Gasteiger charge is -2.05. The second-order valence-corrected chi connectivity index (χ2v) is 4.57. The quantitative estimate of drug-likeness (QED) is 0.647. The van der Waals surface area contributed by atoms with E-state index in [1.54, 1.807) is 26.0 Å². The summed E-state index contributed by atoms with van der Waals surface area (Å²) in [6.07, 6.45) is 0.221. The number of aromatic amines is 2. The number of H-pyrrole nitrogens is 2. The number of benzene rings is 1. The zero-order chi connectivity index (χ0) is 14.9. The van der Waals surface area contributed by atoms with Gasteiger partial charge in [-0.25, -0.2) is 4.79 Å². The van der Waals surface area contributed by atoms with Crippen molar-refractivity contribution in [1.29, 1.82) is 0 Å². The molecular weight excluding hydrogens is 262 g/mol. The Kier molecular flexibility index (Phi) is 3.51. The molecule has 7 heteroatoms. The van der Waals surface area contributed by atoms with Gasteiger partial charge in [0.05, 0.1) is 4.92 Å². The minimum absolute atomic E-state index is 0.0148. The average Bonchev–Trinajstić information content (AvgIpc) is 2.35. The third kappa shape index (κ3) is 2.66. The number of nitro benzene ring substituents is 1. The van der Waals surface area contributed by atoms with E-state index in [1.165, 1.54) is 6.07 Å². The molecule has 0 atom stereocenters. The lowest BCUT2D eigenvalue weighted by Crippen LogP contribution is -2.27. The van der Waals surface area contributed by atoms with Crippen LogP contribution in [-0.4, -0.2) is 14.9 Å². The van der Waals surface area contributed by atoms with Gasteiger partial charge in [0.25, 0.3) is 11.2 Å². The molecule has 0 unspecified atom stereocenters. The van der Waals surface area contributed by atoms with Crippen molar-refractivity contribution in [3.8, 4) is 0 Å². The molecule has 1 aromatic heterocycles. The van der Waals surface area contributed by atoms with E-state index in [9.17, 15) is 19.7 Å². The predicted octanol–water partition coefficient (Wildman–Crippen LogP) is 1.18. The maximum absolute atomic E-state index is 11.7. The van der Waals surface area contributed by atoms with Gasteiger partial charge in [-0.15, -0.1) is 0 Å². The highest BCUT2D eigenvalue weighted by atomic mass is 16.6. The smallest absolute Gasteiger partial charge is 0.311 e. The first-order valence-electron chi connectivity index (χ1n) is 5.94. The fourth-order valence-electron chi connectivity index (χ4n) is 2.00. The summed E-state index contributed by atoms with van der Waals surface area (Å²) >= 11 is 0. The van der Waals surface area contributed by atoms with E-state index >= 15 is 0 Å². The van der Waals surface area contributed by atoms with E-state index in [4.69, 9.17) is 0 Å². The van der Waals surface area contributed by atoms with Gasteiger partial charge in [0, 0.05) is 29.3 Å². The molecule has 2 rings (SSSR count). The lowest BCUT2D eigenvalue weighted by atomic mass is 10.0. The van der Waals surface area contributed by atoms with E-state index in [-0.39, 0.29) is 12.1 Å². The highest BCUT2D eigenvalue weighted by molar-refractivity contribution is 5.43. The zero-order valence-corrected chi connectivity index (χ0v) is 11.0. The maximum Gasteiger partial charge on any atom is 0.325 e. The van der Waals surface area contributed by atoms with Gasteiger partial charge in [-0.05, 0) is 19.4 Å². The molecule has 7 nitrogen and oxygen atoms in total. The van der Waals surface area contributed by atoms with Crippen molar-refractivity contribution < 1.29 is 4.92 Å². The Hall–Kier alpha value is -2.70. The number of aryl methyl sites for hydroxylation is 2. The van der Waals surface area contributed by atoms with Gasteiger partial charge >= 0.3 is 5.69 Å². The number of hydrogen-bond acceptors (Lipinski definition) is 4. The highest BCUT2D eigenvalue weighted by Gasteiger charge is 2.13. The molecule has 0 spiro atoms. The summed E-state index contributed by atoms with van der Waals surface area (Å²) in [7, 11) is 0. The molecule has 0 amide bonds. The molecule has 2 N–H and O–H groups in total. The molecule has 0 fully saturated rings. The summed E-state index contributed by atoms with van der Waals surface area (Å²) in [5.41, 5.74) is 1.03. The summed E-state index contributed by atoms with van der Waals surface area (Å²) in [4.78, 5) is 37.9. The molecule has 0 aliphatic carbocycles. The van der Waals surface area contributed by atoms with Crippen LogP contribution in [0.5, 0.6) is 0 Å². The van der Waals surface area contributed by atoms with Crippen LogP contribution in [0.4, 0.5) is 5.69 Å². The molecule has 0 radical (unpaired) electrons. The fraction of sp³-hybridized carbons (Fsp3) is 0.231. The number of nitro groups is 1. The first-order valence-corrected chi connectivity index (χ1v) is 5.94. The second kappa shape index (κ2) is 5.12. The van der Waals surface area contributed by atoms with Crippen LogP contribution in [0, 0.1) is 24.0 Å². The molecule has 1 heterocycles. The minimum atomic E-state index is -0.564. The number of aromatic nitrogens is 2. The Bertz CT molecular complexity index is 789. The molecular formula is C13H13N3O4. The van der Waals surface area contributed by atoms with Crippen molar-refractivity contribution in [1.82, 2.24) is 9.97 Å². The van der Waals surface area contributed by atoms with Crippen LogP contribution < -0.4 is 11.2 Å². The Morgan fingerprint density at radius 3 is 2.50 bits per heavy atom. The molecule has 0 aliphatic heterocycles. The molecule has 0 saturated heterocycles. The number of rotatable bonds is 3. The Morgan fingerprint density at radius 1 is 1.20 bits per heavy atom. The summed E-state index contributed by atoms with van der Waals surface area (Å²) in [5, 5.41) is 10.9. The van der Waals surface area contributed by atoms with Gasteiger partial charge < -0.3 is 4.98 Å². The number of nitrogens with one attached hydrogen (secondary N) is 2. The molecule has 104 valence electrons. The maximum atomic E-state index is 11.7. The number of nitrogens with zero attached hydrogens (tertiary/aromatic N) is 1. The molecule has 1 aromatic carbocycles. The second-order valence-electron chi connectivity index (χ2n) is 4.57. The van der Waals surface area contributed by atoms with Gasteiger partial charge in [-0.2, -0.15) is 0 Å². The van der Waals surface area contributed by atoms with Crippen molar-refractivity contribution in [2.24, 2.45) is 0 Å². The van der Waals surface area contributed by atoms with Crippen LogP contribution in [0.25, 0.3) is 0 Å². The van der Waals surface area contributed by atoms with Crippen LogP contribution >= 0.6 is 0 Å². The van der Waals surface area contributed by atoms with Crippen molar-refractivity contribution >= 4 is 5.69 Å². The number of hydrogen-bond donors (Lipinski definition) is 2. The Morgan fingerprint density at radius 2 is 1.90 bits per heavy atom. The third-order valence-electron chi connectivity index (χ3n) is 3.11. The van der Waals surface area contributed by atoms with Gasteiger partial charge in [0.15, 0.2) is 0 Å². The minimum Gasteiger partial charge on any atom is -0.311 e. The first kappa shape index (κ1) is 13.7. The van der Waals surface area contributed by atoms with E-state index in [1.807, 2.05) is 0 Å². The van der Waals surface area contributed by atoms with Gasteiger partial charge in [-0.1, -0.05) is 12.1 Å². The predicted molar refractivity (Wildman–Crippen MR) is 73.1 cm³/mol. The Balaban J connectivity index is 2.46. The molecule has 0 bridgehead atoms. The zero-order valence-electron chi connectivity index (χ0n) is 11.0. The van der Waals surface area contributed by atoms with Gasteiger partial charge in [0.2, 0.25) is 0 Å². The first-order chi connectivity index (χ1) is 9.38. The molecule has 0 saturated carbocycles. The topological polar surface area (TPSA) is 109 Å². The van der Waals surface area contributed by atoms with Crippen LogP contribution in [-0.2, 0) is 6.42 Å². The normalized spacial score (nSPS) is 10.5. The van der Waals surface area contributed by atoms with Crippen LogP contribution in [0.2, 0.25) is 0 Å². The van der Waals surface area contributed by atoms with Crippen LogP contribution in [0.3, 0.4) is 0 Å². The van der Waals surface area contributed by atoms with Crippen molar-refractivity contribution in [3.05, 3.63) is 71.5 Å². The highest BCUT2D eigenvalue weighted by Crippen LogP contribution is 2.20. The summed E-state index contributed by atoms with van der Waals surface area (Å²) in [6.45, 7) is 3.27. The summed E-state index contributed by atoms with van der Waals surface area (Å²) in [5.74, 6) is 0. The van der Waals surface area contributed by atoms with E-state index < -0.39 is 16.2 Å². The van der Waals surface area contributed by atoms with Crippen molar-refractivity contribution in [2.75, 3.05) is 0 Å². The molecule has 2 aromatic rings. The average molecular weight is 275 g/mol. The summed E-state index contributed by atoms with van der Waals surface area (Å²) in [6, 6.07) is 4.81. The molecule has 20 heavy (non-hydrogen) atoms. The van der Waals surface area contributed by atoms with E-state index in [2.05, 4.69) is 9.97 Å².